The van der Waals surface area contributed by atoms with Gasteiger partial charge < -0.3 is 4.42 Å². The molecule has 0 amide bonds. The molecule has 0 unspecified atom stereocenters. The largest absolute Gasteiger partial charge is 0.422 e. The molecule has 5 heteroatoms. The van der Waals surface area contributed by atoms with Crippen molar-refractivity contribution in [2.45, 2.75) is 0 Å². The molecular weight excluding hydrogens is 494 g/mol. The second-order valence-electron chi connectivity index (χ2n) is 9.82. The lowest BCUT2D eigenvalue weighted by atomic mass is 10.0. The summed E-state index contributed by atoms with van der Waals surface area (Å²) < 4.78 is 7.75. The molecule has 8 rings (SSSR count). The van der Waals surface area contributed by atoms with Gasteiger partial charge in [0.15, 0.2) is 0 Å². The van der Waals surface area contributed by atoms with Crippen molar-refractivity contribution < 1.29 is 4.42 Å². The monoisotopic (exact) mass is 515 g/mol. The van der Waals surface area contributed by atoms with Crippen LogP contribution >= 0.6 is 0 Å². The molecule has 5 aromatic carbocycles. The third-order valence-corrected chi connectivity index (χ3v) is 7.47. The topological polar surface area (TPSA) is 60.9 Å². The van der Waals surface area contributed by atoms with E-state index in [0.29, 0.717) is 16.9 Å². The van der Waals surface area contributed by atoms with E-state index in [9.17, 15) is 4.79 Å². The zero-order valence-corrected chi connectivity index (χ0v) is 21.3. The van der Waals surface area contributed by atoms with E-state index in [1.807, 2.05) is 84.9 Å². The summed E-state index contributed by atoms with van der Waals surface area (Å²) in [6, 6.07) is 42.2. The number of benzene rings is 5. The van der Waals surface area contributed by atoms with E-state index in [1.165, 1.54) is 0 Å². The van der Waals surface area contributed by atoms with Gasteiger partial charge in [0.25, 0.3) is 0 Å². The normalized spacial score (nSPS) is 11.6. The van der Waals surface area contributed by atoms with Gasteiger partial charge in [-0.2, -0.15) is 0 Å². The van der Waals surface area contributed by atoms with Crippen LogP contribution in [0.3, 0.4) is 0 Å². The molecule has 0 bridgehead atoms. The minimum atomic E-state index is -0.365. The third-order valence-electron chi connectivity index (χ3n) is 7.47. The van der Waals surface area contributed by atoms with E-state index >= 15 is 0 Å². The predicted molar refractivity (Wildman–Crippen MR) is 161 cm³/mol. The van der Waals surface area contributed by atoms with Crippen molar-refractivity contribution in [2.24, 2.45) is 0 Å². The van der Waals surface area contributed by atoms with Crippen molar-refractivity contribution in [3.63, 3.8) is 0 Å². The summed E-state index contributed by atoms with van der Waals surface area (Å²) in [6.45, 7) is 0. The number of hydrogen-bond donors (Lipinski definition) is 0. The Labute approximate surface area is 228 Å². The summed E-state index contributed by atoms with van der Waals surface area (Å²) in [4.78, 5) is 23.3. The number of fused-ring (bicyclic) bond motifs is 6. The Morgan fingerprint density at radius 1 is 0.500 bits per heavy atom. The standard InChI is InChI=1S/C35H21N3O2/c39-34-28-20-32-27(19-26(28)25-16-8-10-18-33(25)40-34)24-15-7-9-17-31(24)38(32)35-36-29(22-11-3-1-4-12-22)21-30(37-35)23-13-5-2-6-14-23/h1-21H. The van der Waals surface area contributed by atoms with Crippen LogP contribution in [0.25, 0.3) is 72.0 Å². The Morgan fingerprint density at radius 2 is 1.10 bits per heavy atom. The highest BCUT2D eigenvalue weighted by molar-refractivity contribution is 6.17. The van der Waals surface area contributed by atoms with E-state index in [-0.39, 0.29) is 5.63 Å². The average Bonchev–Trinajstić information content (AvgIpc) is 3.34. The minimum Gasteiger partial charge on any atom is -0.422 e. The number of aromatic nitrogens is 3. The Balaban J connectivity index is 1.50. The molecule has 0 saturated carbocycles. The first-order valence-corrected chi connectivity index (χ1v) is 13.1. The molecule has 0 aliphatic heterocycles. The molecule has 3 heterocycles. The minimum absolute atomic E-state index is 0.365. The van der Waals surface area contributed by atoms with Gasteiger partial charge in [0, 0.05) is 32.7 Å². The summed E-state index contributed by atoms with van der Waals surface area (Å²) in [5.41, 5.74) is 5.67. The lowest BCUT2D eigenvalue weighted by molar-refractivity contribution is 0.570. The smallest absolute Gasteiger partial charge is 0.344 e. The number of para-hydroxylation sites is 2. The Morgan fingerprint density at radius 3 is 1.80 bits per heavy atom. The Kier molecular flexibility index (Phi) is 4.91. The van der Waals surface area contributed by atoms with Crippen molar-refractivity contribution in [1.82, 2.24) is 14.5 Å². The van der Waals surface area contributed by atoms with E-state index < -0.39 is 0 Å². The summed E-state index contributed by atoms with van der Waals surface area (Å²) in [5, 5.41) is 4.38. The quantitative estimate of drug-likeness (QED) is 0.176. The second-order valence-corrected chi connectivity index (χ2v) is 9.82. The van der Waals surface area contributed by atoms with Crippen LogP contribution in [0.5, 0.6) is 0 Å². The predicted octanol–water partition coefficient (Wildman–Crippen LogP) is 8.17. The SMILES string of the molecule is O=c1oc2ccccc2c2cc3c4ccccc4n(-c4nc(-c5ccccc5)cc(-c5ccccc5)n4)c3cc12. The zero-order valence-electron chi connectivity index (χ0n) is 21.3. The van der Waals surface area contributed by atoms with Crippen LogP contribution in [0, 0.1) is 0 Å². The van der Waals surface area contributed by atoms with Gasteiger partial charge in [0.2, 0.25) is 5.95 Å². The van der Waals surface area contributed by atoms with Crippen molar-refractivity contribution in [2.75, 3.05) is 0 Å². The van der Waals surface area contributed by atoms with Crippen LogP contribution in [-0.2, 0) is 0 Å². The fraction of sp³-hybridized carbons (Fsp3) is 0. The molecule has 188 valence electrons. The van der Waals surface area contributed by atoms with Gasteiger partial charge in [-0.05, 0) is 30.3 Å². The highest BCUT2D eigenvalue weighted by Crippen LogP contribution is 2.36. The molecule has 0 spiro atoms. The molecule has 0 radical (unpaired) electrons. The van der Waals surface area contributed by atoms with E-state index in [4.69, 9.17) is 14.4 Å². The van der Waals surface area contributed by atoms with E-state index in [1.54, 1.807) is 0 Å². The van der Waals surface area contributed by atoms with Crippen molar-refractivity contribution in [1.29, 1.82) is 0 Å². The van der Waals surface area contributed by atoms with Gasteiger partial charge in [-0.15, -0.1) is 0 Å². The Bertz CT molecular complexity index is 2230. The summed E-state index contributed by atoms with van der Waals surface area (Å²) in [5.74, 6) is 0.538. The maximum Gasteiger partial charge on any atom is 0.344 e. The lowest BCUT2D eigenvalue weighted by Gasteiger charge is -2.12. The maximum atomic E-state index is 13.2. The number of rotatable bonds is 3. The van der Waals surface area contributed by atoms with E-state index in [0.717, 1.165) is 55.1 Å². The summed E-state index contributed by atoms with van der Waals surface area (Å²) in [7, 11) is 0. The van der Waals surface area contributed by atoms with Gasteiger partial charge in [0.05, 0.1) is 27.8 Å². The fourth-order valence-corrected chi connectivity index (χ4v) is 5.60. The first kappa shape index (κ1) is 22.4. The average molecular weight is 516 g/mol. The molecule has 0 aliphatic carbocycles. The van der Waals surface area contributed by atoms with Gasteiger partial charge in [-0.1, -0.05) is 97.1 Å². The fourth-order valence-electron chi connectivity index (χ4n) is 5.60. The molecule has 0 atom stereocenters. The van der Waals surface area contributed by atoms with Gasteiger partial charge >= 0.3 is 5.63 Å². The molecule has 0 aliphatic rings. The molecule has 0 saturated heterocycles. The highest BCUT2D eigenvalue weighted by atomic mass is 16.4. The van der Waals surface area contributed by atoms with Crippen LogP contribution in [-0.4, -0.2) is 14.5 Å². The van der Waals surface area contributed by atoms with Crippen LogP contribution in [0.4, 0.5) is 0 Å². The lowest BCUT2D eigenvalue weighted by Crippen LogP contribution is -2.05. The molecular formula is C35H21N3O2. The van der Waals surface area contributed by atoms with Crippen LogP contribution in [0.15, 0.2) is 137 Å². The molecule has 5 nitrogen and oxygen atoms in total. The molecule has 8 aromatic rings. The molecule has 3 aromatic heterocycles. The third kappa shape index (κ3) is 3.45. The molecule has 40 heavy (non-hydrogen) atoms. The van der Waals surface area contributed by atoms with Gasteiger partial charge in [-0.25, -0.2) is 14.8 Å². The van der Waals surface area contributed by atoms with Crippen molar-refractivity contribution >= 4 is 43.5 Å². The van der Waals surface area contributed by atoms with Crippen LogP contribution in [0.1, 0.15) is 0 Å². The zero-order chi connectivity index (χ0) is 26.6. The van der Waals surface area contributed by atoms with Gasteiger partial charge in [-0.3, -0.25) is 4.57 Å². The highest BCUT2D eigenvalue weighted by Gasteiger charge is 2.19. The first-order chi connectivity index (χ1) is 19.7. The van der Waals surface area contributed by atoms with E-state index in [2.05, 4.69) is 47.0 Å². The van der Waals surface area contributed by atoms with Crippen LogP contribution in [0.2, 0.25) is 0 Å². The Hall–Kier alpha value is -5.55. The summed E-state index contributed by atoms with van der Waals surface area (Å²) >= 11 is 0. The van der Waals surface area contributed by atoms with Crippen LogP contribution < -0.4 is 5.63 Å². The van der Waals surface area contributed by atoms with Crippen molar-refractivity contribution in [3.8, 4) is 28.5 Å². The second kappa shape index (κ2) is 8.75. The maximum absolute atomic E-state index is 13.2. The molecule has 0 fully saturated rings. The summed E-state index contributed by atoms with van der Waals surface area (Å²) in [6.07, 6.45) is 0. The number of nitrogens with zero attached hydrogens (tertiary/aromatic N) is 3. The van der Waals surface area contributed by atoms with Crippen molar-refractivity contribution in [3.05, 3.63) is 138 Å². The van der Waals surface area contributed by atoms with Gasteiger partial charge in [0.1, 0.15) is 5.58 Å². The first-order valence-electron chi connectivity index (χ1n) is 13.1. The molecule has 0 N–H and O–H groups in total. The number of hydrogen-bond acceptors (Lipinski definition) is 4.